The van der Waals surface area contributed by atoms with Crippen LogP contribution >= 0.6 is 15.9 Å². The first-order valence-electron chi connectivity index (χ1n) is 5.71. The molecule has 6 heteroatoms. The fraction of sp³-hybridized carbons (Fsp3) is 0.417. The van der Waals surface area contributed by atoms with E-state index in [-0.39, 0.29) is 11.9 Å². The second kappa shape index (κ2) is 5.36. The Balaban J connectivity index is 2.08. The van der Waals surface area contributed by atoms with Crippen LogP contribution in [-0.4, -0.2) is 16.9 Å². The predicted octanol–water partition coefficient (Wildman–Crippen LogP) is 1.78. The average molecular weight is 309 g/mol. The van der Waals surface area contributed by atoms with Crippen molar-refractivity contribution in [3.63, 3.8) is 0 Å². The van der Waals surface area contributed by atoms with Gasteiger partial charge in [-0.25, -0.2) is 4.98 Å². The van der Waals surface area contributed by atoms with E-state index in [0.717, 1.165) is 6.42 Å². The third-order valence-electron chi connectivity index (χ3n) is 2.90. The van der Waals surface area contributed by atoms with E-state index in [1.807, 2.05) is 6.07 Å². The molecular weight excluding hydrogens is 296 g/mol. The highest BCUT2D eigenvalue weighted by molar-refractivity contribution is 9.10. The summed E-state index contributed by atoms with van der Waals surface area (Å²) in [6.07, 6.45) is 4.63. The van der Waals surface area contributed by atoms with Crippen molar-refractivity contribution < 1.29 is 4.79 Å². The van der Waals surface area contributed by atoms with E-state index in [9.17, 15) is 4.79 Å². The van der Waals surface area contributed by atoms with E-state index >= 15 is 0 Å². The first-order valence-corrected chi connectivity index (χ1v) is 6.51. The van der Waals surface area contributed by atoms with Gasteiger partial charge in [0, 0.05) is 0 Å². The molecule has 1 amide bonds. The third kappa shape index (κ3) is 3.20. The minimum absolute atomic E-state index is 0.318. The molecule has 0 saturated heterocycles. The van der Waals surface area contributed by atoms with Crippen LogP contribution in [0.3, 0.4) is 0 Å². The van der Waals surface area contributed by atoms with E-state index in [1.54, 1.807) is 6.07 Å². The highest BCUT2D eigenvalue weighted by Gasteiger charge is 2.28. The van der Waals surface area contributed by atoms with Gasteiger partial charge in [0.2, 0.25) is 5.91 Å². The number of primary amides is 1. The Labute approximate surface area is 114 Å². The highest BCUT2D eigenvalue weighted by atomic mass is 79.9. The van der Waals surface area contributed by atoms with Gasteiger partial charge in [0.1, 0.15) is 12.1 Å². The molecule has 1 fully saturated rings. The second-order valence-electron chi connectivity index (χ2n) is 4.44. The van der Waals surface area contributed by atoms with Gasteiger partial charge in [-0.05, 0) is 34.3 Å². The summed E-state index contributed by atoms with van der Waals surface area (Å²) in [5, 5.41) is 11.8. The second-order valence-corrected chi connectivity index (χ2v) is 5.30. The number of hydrogen-bond donors (Lipinski definition) is 2. The van der Waals surface area contributed by atoms with Crippen molar-refractivity contribution in [1.29, 1.82) is 5.26 Å². The van der Waals surface area contributed by atoms with Crippen LogP contribution in [0, 0.1) is 17.2 Å². The molecule has 1 saturated carbocycles. The van der Waals surface area contributed by atoms with Gasteiger partial charge in [0.15, 0.2) is 5.69 Å². The van der Waals surface area contributed by atoms with Gasteiger partial charge in [-0.1, -0.05) is 12.8 Å². The Morgan fingerprint density at radius 2 is 2.44 bits per heavy atom. The minimum Gasteiger partial charge on any atom is -0.372 e. The molecule has 0 bridgehead atoms. The molecule has 94 valence electrons. The number of nitrogens with zero attached hydrogens (tertiary/aromatic N) is 2. The quantitative estimate of drug-likeness (QED) is 0.867. The van der Waals surface area contributed by atoms with Gasteiger partial charge in [-0.3, -0.25) is 4.79 Å². The van der Waals surface area contributed by atoms with Crippen LogP contribution in [0.1, 0.15) is 25.0 Å². The molecule has 0 aliphatic heterocycles. The number of hydrogen-bond acceptors (Lipinski definition) is 4. The van der Waals surface area contributed by atoms with Crippen molar-refractivity contribution in [2.24, 2.45) is 11.7 Å². The molecule has 1 aromatic heterocycles. The molecule has 1 unspecified atom stereocenters. The molecule has 3 N–H and O–H groups in total. The fourth-order valence-electron chi connectivity index (χ4n) is 1.73. The molecule has 1 aliphatic rings. The molecule has 5 nitrogen and oxygen atoms in total. The normalized spacial score (nSPS) is 15.8. The number of rotatable bonds is 5. The molecule has 1 heterocycles. The van der Waals surface area contributed by atoms with Crippen LogP contribution in [0.25, 0.3) is 0 Å². The summed E-state index contributed by atoms with van der Waals surface area (Å²) < 4.78 is 0.602. The van der Waals surface area contributed by atoms with Crippen molar-refractivity contribution in [3.8, 4) is 6.07 Å². The van der Waals surface area contributed by atoms with Crippen LogP contribution in [0.15, 0.2) is 16.7 Å². The molecular formula is C12H13BrN4O. The standard InChI is InChI=1S/C12H13BrN4O/c13-9-4-8(6-16-11(9)5-14)17-10(12(15)18)3-7-1-2-7/h4,6-7,10,17H,1-3H2,(H2,15,18). The average Bonchev–Trinajstić information content (AvgIpc) is 3.12. The number of carbonyl (C=O) groups is 1. The van der Waals surface area contributed by atoms with Gasteiger partial charge in [0.05, 0.1) is 16.4 Å². The summed E-state index contributed by atoms with van der Waals surface area (Å²) in [7, 11) is 0. The summed E-state index contributed by atoms with van der Waals surface area (Å²) >= 11 is 3.26. The Bertz CT molecular complexity index is 507. The number of aromatic nitrogens is 1. The smallest absolute Gasteiger partial charge is 0.239 e. The maximum absolute atomic E-state index is 11.4. The zero-order valence-corrected chi connectivity index (χ0v) is 11.3. The number of carbonyl (C=O) groups excluding carboxylic acids is 1. The molecule has 1 aromatic rings. The van der Waals surface area contributed by atoms with Crippen molar-refractivity contribution in [2.45, 2.75) is 25.3 Å². The number of halogens is 1. The van der Waals surface area contributed by atoms with Crippen LogP contribution in [0.4, 0.5) is 5.69 Å². The summed E-state index contributed by atoms with van der Waals surface area (Å²) in [4.78, 5) is 15.3. The zero-order valence-electron chi connectivity index (χ0n) is 9.69. The van der Waals surface area contributed by atoms with Gasteiger partial charge in [-0.2, -0.15) is 5.26 Å². The molecule has 0 spiro atoms. The first-order chi connectivity index (χ1) is 8.60. The molecule has 1 aliphatic carbocycles. The first kappa shape index (κ1) is 12.8. The summed E-state index contributed by atoms with van der Waals surface area (Å²) in [5.74, 6) is 0.243. The van der Waals surface area contributed by atoms with Crippen molar-refractivity contribution in [1.82, 2.24) is 4.98 Å². The number of amides is 1. The topological polar surface area (TPSA) is 91.8 Å². The Hall–Kier alpha value is -1.61. The third-order valence-corrected chi connectivity index (χ3v) is 3.50. The van der Waals surface area contributed by atoms with E-state index in [4.69, 9.17) is 11.0 Å². The molecule has 18 heavy (non-hydrogen) atoms. The summed E-state index contributed by atoms with van der Waals surface area (Å²) in [6.45, 7) is 0. The number of nitriles is 1. The Morgan fingerprint density at radius 3 is 2.94 bits per heavy atom. The fourth-order valence-corrected chi connectivity index (χ4v) is 2.17. The monoisotopic (exact) mass is 308 g/mol. The Morgan fingerprint density at radius 1 is 1.72 bits per heavy atom. The lowest BCUT2D eigenvalue weighted by Crippen LogP contribution is -2.35. The molecule has 0 aromatic carbocycles. The molecule has 0 radical (unpaired) electrons. The number of anilines is 1. The number of nitrogens with two attached hydrogens (primary N) is 1. The molecule has 2 rings (SSSR count). The lowest BCUT2D eigenvalue weighted by Gasteiger charge is -2.16. The summed E-state index contributed by atoms with van der Waals surface area (Å²) in [5.41, 5.74) is 6.37. The van der Waals surface area contributed by atoms with E-state index in [1.165, 1.54) is 19.0 Å². The minimum atomic E-state index is -0.376. The van der Waals surface area contributed by atoms with E-state index in [0.29, 0.717) is 21.8 Å². The van der Waals surface area contributed by atoms with Crippen LogP contribution in [0.5, 0.6) is 0 Å². The van der Waals surface area contributed by atoms with E-state index < -0.39 is 0 Å². The SMILES string of the molecule is N#Cc1ncc(NC(CC2CC2)C(N)=O)cc1Br. The van der Waals surface area contributed by atoms with Gasteiger partial charge >= 0.3 is 0 Å². The largest absolute Gasteiger partial charge is 0.372 e. The van der Waals surface area contributed by atoms with E-state index in [2.05, 4.69) is 26.2 Å². The van der Waals surface area contributed by atoms with Gasteiger partial charge in [-0.15, -0.1) is 0 Å². The molecule has 1 atom stereocenters. The summed E-state index contributed by atoms with van der Waals surface area (Å²) in [6, 6.07) is 3.32. The zero-order chi connectivity index (χ0) is 13.1. The Kier molecular flexibility index (Phi) is 3.82. The van der Waals surface area contributed by atoms with Gasteiger partial charge < -0.3 is 11.1 Å². The maximum Gasteiger partial charge on any atom is 0.239 e. The van der Waals surface area contributed by atoms with Crippen LogP contribution < -0.4 is 11.1 Å². The lowest BCUT2D eigenvalue weighted by molar-refractivity contribution is -0.118. The van der Waals surface area contributed by atoms with Crippen molar-refractivity contribution in [2.75, 3.05) is 5.32 Å². The lowest BCUT2D eigenvalue weighted by atomic mass is 10.1. The van der Waals surface area contributed by atoms with Crippen LogP contribution in [-0.2, 0) is 4.79 Å². The van der Waals surface area contributed by atoms with Crippen molar-refractivity contribution in [3.05, 3.63) is 22.4 Å². The number of pyridine rings is 1. The predicted molar refractivity (Wildman–Crippen MR) is 70.6 cm³/mol. The van der Waals surface area contributed by atoms with Crippen LogP contribution in [0.2, 0.25) is 0 Å². The highest BCUT2D eigenvalue weighted by Crippen LogP contribution is 2.34. The van der Waals surface area contributed by atoms with Gasteiger partial charge in [0.25, 0.3) is 0 Å². The number of nitrogens with one attached hydrogen (secondary N) is 1. The van der Waals surface area contributed by atoms with Crippen molar-refractivity contribution >= 4 is 27.5 Å². The maximum atomic E-state index is 11.4.